The fourth-order valence-corrected chi connectivity index (χ4v) is 1.68. The number of hydrogen-bond acceptors (Lipinski definition) is 4. The fraction of sp³-hybridized carbons (Fsp3) is 0.429. The molecule has 0 heterocycles. The highest BCUT2D eigenvalue weighted by Crippen LogP contribution is 2.31. The number of nitrogens with one attached hydrogen (secondary N) is 1. The van der Waals surface area contributed by atoms with Crippen LogP contribution >= 0.6 is 34.8 Å². The molecule has 0 aromatic heterocycles. The van der Waals surface area contributed by atoms with E-state index in [0.29, 0.717) is 6.42 Å². The first-order valence-electron chi connectivity index (χ1n) is 6.60. The van der Waals surface area contributed by atoms with Gasteiger partial charge >= 0.3 is 12.1 Å². The predicted octanol–water partition coefficient (Wildman–Crippen LogP) is 4.07. The summed E-state index contributed by atoms with van der Waals surface area (Å²) in [6.07, 6.45) is -0.732. The van der Waals surface area contributed by atoms with Crippen molar-refractivity contribution < 1.29 is 19.1 Å². The minimum Gasteiger partial charge on any atom is -0.449 e. The van der Waals surface area contributed by atoms with Crippen LogP contribution in [0.2, 0.25) is 0 Å². The van der Waals surface area contributed by atoms with Gasteiger partial charge in [0.2, 0.25) is 10.0 Å². The minimum absolute atomic E-state index is 0.224. The van der Waals surface area contributed by atoms with Crippen LogP contribution in [-0.4, -0.2) is 28.7 Å². The van der Waals surface area contributed by atoms with E-state index in [1.54, 1.807) is 18.2 Å². The molecule has 0 fully saturated rings. The molecule has 0 saturated carbocycles. The largest absolute Gasteiger partial charge is 0.449 e. The number of carbonyl (C=O) groups is 2. The first-order valence-corrected chi connectivity index (χ1v) is 7.74. The monoisotopic (exact) mass is 367 g/mol. The fourth-order valence-electron chi connectivity index (χ4n) is 1.39. The van der Waals surface area contributed by atoms with Crippen molar-refractivity contribution in [2.75, 3.05) is 6.61 Å². The second-order valence-corrected chi connectivity index (χ2v) is 6.70. The molecule has 0 saturated heterocycles. The zero-order chi connectivity index (χ0) is 16.6. The van der Waals surface area contributed by atoms with Gasteiger partial charge in [-0.15, -0.1) is 0 Å². The van der Waals surface area contributed by atoms with Gasteiger partial charge in [-0.3, -0.25) is 5.32 Å². The van der Waals surface area contributed by atoms with Gasteiger partial charge in [-0.2, -0.15) is 0 Å². The van der Waals surface area contributed by atoms with Crippen molar-refractivity contribution in [3.05, 3.63) is 35.9 Å². The second-order valence-electron chi connectivity index (χ2n) is 4.33. The maximum atomic E-state index is 12.0. The Labute approximate surface area is 143 Å². The van der Waals surface area contributed by atoms with Crippen LogP contribution in [0, 0.1) is 0 Å². The molecule has 0 aliphatic rings. The molecule has 5 nitrogen and oxygen atoms in total. The van der Waals surface area contributed by atoms with Crippen LogP contribution in [0.5, 0.6) is 0 Å². The maximum absolute atomic E-state index is 12.0. The molecular formula is C14H16Cl3NO4. The van der Waals surface area contributed by atoms with Crippen LogP contribution in [0.15, 0.2) is 30.3 Å². The van der Waals surface area contributed by atoms with Gasteiger partial charge in [0.1, 0.15) is 0 Å². The molecule has 1 aromatic carbocycles. The van der Waals surface area contributed by atoms with Gasteiger partial charge in [0.15, 0.2) is 0 Å². The number of amides is 1. The Kier molecular flexibility index (Phi) is 7.79. The zero-order valence-corrected chi connectivity index (χ0v) is 14.1. The summed E-state index contributed by atoms with van der Waals surface area (Å²) in [4.78, 5) is 23.5. The van der Waals surface area contributed by atoms with E-state index in [1.807, 2.05) is 6.92 Å². The highest BCUT2D eigenvalue weighted by Gasteiger charge is 2.38. The van der Waals surface area contributed by atoms with Crippen molar-refractivity contribution in [1.29, 1.82) is 0 Å². The number of halogens is 3. The van der Waals surface area contributed by atoms with Crippen LogP contribution in [0.4, 0.5) is 4.79 Å². The third kappa shape index (κ3) is 6.73. The van der Waals surface area contributed by atoms with E-state index in [2.05, 4.69) is 5.32 Å². The first kappa shape index (κ1) is 18.9. The van der Waals surface area contributed by atoms with E-state index in [0.717, 1.165) is 6.42 Å². The molecule has 1 amide bonds. The summed E-state index contributed by atoms with van der Waals surface area (Å²) in [5, 5.41) is 2.22. The number of alkyl carbamates (subject to hydrolysis) is 1. The van der Waals surface area contributed by atoms with Crippen LogP contribution in [0.1, 0.15) is 30.1 Å². The SMILES string of the molecule is CCCCOC(=O)N[C@H](OC(=O)c1ccccc1)C(Cl)(Cl)Cl. The van der Waals surface area contributed by atoms with Gasteiger partial charge in [0.05, 0.1) is 12.2 Å². The lowest BCUT2D eigenvalue weighted by Gasteiger charge is -2.24. The Morgan fingerprint density at radius 3 is 2.41 bits per heavy atom. The number of alkyl halides is 3. The summed E-state index contributed by atoms with van der Waals surface area (Å²) in [5.74, 6) is -0.731. The molecule has 1 atom stereocenters. The summed E-state index contributed by atoms with van der Waals surface area (Å²) in [5.41, 5.74) is 0.267. The lowest BCUT2D eigenvalue weighted by Crippen LogP contribution is -2.47. The Balaban J connectivity index is 2.66. The first-order chi connectivity index (χ1) is 10.3. The molecule has 1 N–H and O–H groups in total. The number of hydrogen-bond donors (Lipinski definition) is 1. The van der Waals surface area contributed by atoms with E-state index in [-0.39, 0.29) is 12.2 Å². The minimum atomic E-state index is -2.03. The van der Waals surface area contributed by atoms with E-state index in [4.69, 9.17) is 44.3 Å². The molecule has 8 heteroatoms. The van der Waals surface area contributed by atoms with Gasteiger partial charge in [0, 0.05) is 0 Å². The van der Waals surface area contributed by atoms with E-state index < -0.39 is 22.1 Å². The smallest absolute Gasteiger partial charge is 0.410 e. The van der Waals surface area contributed by atoms with Gasteiger partial charge in [-0.25, -0.2) is 9.59 Å². The average molecular weight is 369 g/mol. The Bertz CT molecular complexity index is 491. The molecule has 22 heavy (non-hydrogen) atoms. The number of rotatable bonds is 6. The zero-order valence-electron chi connectivity index (χ0n) is 11.9. The van der Waals surface area contributed by atoms with Gasteiger partial charge in [-0.1, -0.05) is 66.3 Å². The second kappa shape index (κ2) is 9.08. The van der Waals surface area contributed by atoms with Crippen molar-refractivity contribution in [1.82, 2.24) is 5.32 Å². The Morgan fingerprint density at radius 1 is 1.23 bits per heavy atom. The Morgan fingerprint density at radius 2 is 1.86 bits per heavy atom. The molecule has 0 bridgehead atoms. The molecule has 0 spiro atoms. The molecular weight excluding hydrogens is 353 g/mol. The number of benzene rings is 1. The average Bonchev–Trinajstić information content (AvgIpc) is 2.46. The van der Waals surface area contributed by atoms with E-state index >= 15 is 0 Å². The molecule has 1 aromatic rings. The summed E-state index contributed by atoms with van der Waals surface area (Å²) in [6, 6.07) is 8.14. The number of ether oxygens (including phenoxy) is 2. The van der Waals surface area contributed by atoms with Gasteiger partial charge in [-0.05, 0) is 18.6 Å². The van der Waals surface area contributed by atoms with Crippen LogP contribution < -0.4 is 5.32 Å². The third-order valence-corrected chi connectivity index (χ3v) is 3.11. The van der Waals surface area contributed by atoms with Crippen LogP contribution in [0.3, 0.4) is 0 Å². The molecule has 0 unspecified atom stereocenters. The summed E-state index contributed by atoms with van der Waals surface area (Å²) in [6.45, 7) is 2.18. The third-order valence-electron chi connectivity index (χ3n) is 2.51. The van der Waals surface area contributed by atoms with Gasteiger partial charge in [0.25, 0.3) is 0 Å². The number of unbranched alkanes of at least 4 members (excludes halogenated alkanes) is 1. The lowest BCUT2D eigenvalue weighted by molar-refractivity contribution is 0.0216. The molecule has 1 rings (SSSR count). The van der Waals surface area contributed by atoms with Gasteiger partial charge < -0.3 is 9.47 Å². The summed E-state index contributed by atoms with van der Waals surface area (Å²) >= 11 is 17.2. The van der Waals surface area contributed by atoms with Crippen molar-refractivity contribution >= 4 is 46.9 Å². The lowest BCUT2D eigenvalue weighted by atomic mass is 10.2. The Hall–Kier alpha value is -1.17. The van der Waals surface area contributed by atoms with Crippen molar-refractivity contribution in [2.45, 2.75) is 29.8 Å². The highest BCUT2D eigenvalue weighted by atomic mass is 35.6. The molecule has 0 aliphatic carbocycles. The van der Waals surface area contributed by atoms with Crippen molar-refractivity contribution in [3.63, 3.8) is 0 Å². The predicted molar refractivity (Wildman–Crippen MR) is 85.3 cm³/mol. The number of esters is 1. The summed E-state index contributed by atoms with van der Waals surface area (Å²) in [7, 11) is 0. The highest BCUT2D eigenvalue weighted by molar-refractivity contribution is 6.68. The van der Waals surface area contributed by atoms with Crippen molar-refractivity contribution in [3.8, 4) is 0 Å². The van der Waals surface area contributed by atoms with Crippen LogP contribution in [-0.2, 0) is 9.47 Å². The quantitative estimate of drug-likeness (QED) is 0.356. The molecule has 0 radical (unpaired) electrons. The molecule has 0 aliphatic heterocycles. The van der Waals surface area contributed by atoms with Crippen molar-refractivity contribution in [2.24, 2.45) is 0 Å². The standard InChI is InChI=1S/C14H16Cl3NO4/c1-2-3-9-21-13(20)18-12(14(15,16)17)22-11(19)10-7-5-4-6-8-10/h4-8,12H,2-3,9H2,1H3,(H,18,20)/t12-/m1/s1. The normalized spacial score (nSPS) is 12.4. The van der Waals surface area contributed by atoms with E-state index in [1.165, 1.54) is 12.1 Å². The summed E-state index contributed by atoms with van der Waals surface area (Å²) < 4.78 is 7.88. The number of carbonyl (C=O) groups excluding carboxylic acids is 2. The molecule has 122 valence electrons. The topological polar surface area (TPSA) is 64.6 Å². The van der Waals surface area contributed by atoms with E-state index in [9.17, 15) is 9.59 Å². The van der Waals surface area contributed by atoms with Crippen LogP contribution in [0.25, 0.3) is 0 Å². The maximum Gasteiger partial charge on any atom is 0.410 e.